The van der Waals surface area contributed by atoms with E-state index in [9.17, 15) is 14.4 Å². The lowest BCUT2D eigenvalue weighted by Gasteiger charge is -2.19. The molecule has 9 nitrogen and oxygen atoms in total. The maximum absolute atomic E-state index is 13.7. The zero-order valence-corrected chi connectivity index (χ0v) is 49.7. The predicted molar refractivity (Wildman–Crippen MR) is 363 cm³/mol. The zero-order chi connectivity index (χ0) is 60.6. The molecule has 16 rings (SSSR count). The molecule has 16 aromatic rings. The molecule has 12 aromatic carbocycles. The highest BCUT2D eigenvalue weighted by Crippen LogP contribution is 2.38. The van der Waals surface area contributed by atoms with E-state index in [1.54, 1.807) is 0 Å². The molecule has 0 saturated heterocycles. The summed E-state index contributed by atoms with van der Waals surface area (Å²) in [6, 6.07) is 74.9. The summed E-state index contributed by atoms with van der Waals surface area (Å²) >= 11 is 0. The van der Waals surface area contributed by atoms with Crippen LogP contribution >= 0.6 is 0 Å². The number of rotatable bonds is 6. The smallest absolute Gasteiger partial charge is 0.344 e. The Morgan fingerprint density at radius 3 is 0.899 bits per heavy atom. The van der Waals surface area contributed by atoms with E-state index in [1.165, 1.54) is 11.1 Å². The number of nitrogens with zero attached hydrogens (tertiary/aromatic N) is 3. The van der Waals surface area contributed by atoms with Crippen LogP contribution in [-0.2, 0) is 10.8 Å². The minimum Gasteiger partial charge on any atom is -0.422 e. The summed E-state index contributed by atoms with van der Waals surface area (Å²) in [6.07, 6.45) is 0. The summed E-state index contributed by atoms with van der Waals surface area (Å²) in [6.45, 7) is 13.2. The summed E-state index contributed by atoms with van der Waals surface area (Å²) in [5.41, 5.74) is 8.89. The van der Waals surface area contributed by atoms with Crippen molar-refractivity contribution in [3.8, 4) is 67.5 Å². The second kappa shape index (κ2) is 20.0. The Labute approximate surface area is 509 Å². The number of hydrogen-bond acceptors (Lipinski definition) is 9. The van der Waals surface area contributed by atoms with Crippen LogP contribution in [0.25, 0.3) is 165 Å². The van der Waals surface area contributed by atoms with Crippen molar-refractivity contribution in [1.82, 2.24) is 15.0 Å². The average molecular weight is 1150 g/mol. The first-order valence-electron chi connectivity index (χ1n) is 29.9. The van der Waals surface area contributed by atoms with Crippen molar-refractivity contribution in [2.45, 2.75) is 52.4 Å². The van der Waals surface area contributed by atoms with Gasteiger partial charge in [0.25, 0.3) is 0 Å². The van der Waals surface area contributed by atoms with Gasteiger partial charge in [-0.1, -0.05) is 193 Å². The van der Waals surface area contributed by atoms with Gasteiger partial charge in [0.1, 0.15) is 16.7 Å². The Balaban J connectivity index is 0.782. The maximum Gasteiger partial charge on any atom is 0.344 e. The fourth-order valence-corrected chi connectivity index (χ4v) is 12.7. The third-order valence-corrected chi connectivity index (χ3v) is 17.7. The Hall–Kier alpha value is -11.2. The van der Waals surface area contributed by atoms with Gasteiger partial charge in [-0.2, -0.15) is 0 Å². The molecule has 0 atom stereocenters. The van der Waals surface area contributed by atoms with Crippen LogP contribution in [0.1, 0.15) is 52.7 Å². The Morgan fingerprint density at radius 1 is 0.258 bits per heavy atom. The first kappa shape index (κ1) is 53.3. The van der Waals surface area contributed by atoms with Crippen LogP contribution in [0.15, 0.2) is 252 Å². The summed E-state index contributed by atoms with van der Waals surface area (Å²) in [4.78, 5) is 56.6. The summed E-state index contributed by atoms with van der Waals surface area (Å²) < 4.78 is 17.9. The fourth-order valence-electron chi connectivity index (χ4n) is 12.7. The van der Waals surface area contributed by atoms with Crippen molar-refractivity contribution in [2.75, 3.05) is 0 Å². The van der Waals surface area contributed by atoms with Crippen LogP contribution < -0.4 is 16.9 Å². The third-order valence-electron chi connectivity index (χ3n) is 17.7. The molecule has 89 heavy (non-hydrogen) atoms. The van der Waals surface area contributed by atoms with E-state index in [0.29, 0.717) is 50.9 Å². The molecule has 0 unspecified atom stereocenters. The van der Waals surface area contributed by atoms with Crippen molar-refractivity contribution in [3.63, 3.8) is 0 Å². The SMILES string of the molecule is CC(C)(C)c1ccc2c(ccc3oc(=O)c(-c4ccc5cc(-c6nc(-c7ccc8cc(-c9cc%10c(ccc%11ccccc%11%10)oc9=O)ccc8c7)nc(-c7ccc8cc(-c9cc%10c(ccc%11cc(C(C)(C)C)ccc%11%10)oc9=O)ccc8c7)n6)ccc5c4)cc32)c1. The van der Waals surface area contributed by atoms with Gasteiger partial charge in [-0.3, -0.25) is 0 Å². The molecule has 0 aliphatic heterocycles. The first-order valence-corrected chi connectivity index (χ1v) is 29.9. The molecule has 4 aromatic heterocycles. The van der Waals surface area contributed by atoms with Crippen molar-refractivity contribution in [3.05, 3.63) is 267 Å². The molecule has 0 aliphatic carbocycles. The van der Waals surface area contributed by atoms with Crippen LogP contribution in [0, 0.1) is 0 Å². The van der Waals surface area contributed by atoms with Crippen molar-refractivity contribution >= 4 is 97.5 Å². The molecule has 0 bridgehead atoms. The quantitative estimate of drug-likeness (QED) is 0.118. The molecular formula is C80H55N3O6. The van der Waals surface area contributed by atoms with Crippen LogP contribution in [0.4, 0.5) is 0 Å². The van der Waals surface area contributed by atoms with E-state index in [1.807, 2.05) is 164 Å². The molecule has 0 aliphatic rings. The molecule has 0 amide bonds. The van der Waals surface area contributed by atoms with Gasteiger partial charge in [-0.15, -0.1) is 0 Å². The maximum atomic E-state index is 13.7. The molecule has 0 saturated carbocycles. The highest BCUT2D eigenvalue weighted by Gasteiger charge is 2.21. The third kappa shape index (κ3) is 9.32. The van der Waals surface area contributed by atoms with Gasteiger partial charge in [-0.05, 0) is 176 Å². The van der Waals surface area contributed by atoms with Crippen LogP contribution in [0.2, 0.25) is 0 Å². The van der Waals surface area contributed by atoms with Gasteiger partial charge in [0, 0.05) is 32.8 Å². The summed E-state index contributed by atoms with van der Waals surface area (Å²) in [5, 5.41) is 14.5. The molecular weight excluding hydrogens is 1100 g/mol. The number of fused-ring (bicyclic) bond motifs is 12. The largest absolute Gasteiger partial charge is 0.422 e. The zero-order valence-electron chi connectivity index (χ0n) is 49.7. The number of aromatic nitrogens is 3. The van der Waals surface area contributed by atoms with E-state index < -0.39 is 16.9 Å². The number of hydrogen-bond donors (Lipinski definition) is 0. The van der Waals surface area contributed by atoms with Crippen molar-refractivity contribution in [1.29, 1.82) is 0 Å². The molecule has 9 heteroatoms. The van der Waals surface area contributed by atoms with E-state index in [0.717, 1.165) is 114 Å². The normalized spacial score (nSPS) is 12.3. The van der Waals surface area contributed by atoms with E-state index in [4.69, 9.17) is 28.2 Å². The average Bonchev–Trinajstić information content (AvgIpc) is 0.906. The van der Waals surface area contributed by atoms with Crippen molar-refractivity contribution < 1.29 is 13.3 Å². The van der Waals surface area contributed by atoms with Gasteiger partial charge in [0.15, 0.2) is 17.5 Å². The highest BCUT2D eigenvalue weighted by molar-refractivity contribution is 6.09. The standard InChI is InChI=1S/C80H55N3O6/c1-79(2,3)59-26-28-62-54(39-59)24-31-71-68(62)42-65(77(85)88-71)52-18-12-49-37-57(21-15-46(49)34-52)74-81-73(56-20-14-45-33-51(17-11-48(45)36-56)64-41-67-61-10-8-7-9-44(61)23-30-70(67)87-76(64)84)82-75(83-74)58-22-16-47-35-53(19-13-50(47)38-58)66-43-69-63-29-27-60(80(4,5)6)40-55(63)25-32-72(69)89-78(66)86/h7-43H,1-6H3. The fraction of sp³-hybridized carbons (Fsp3) is 0.100. The van der Waals surface area contributed by atoms with Crippen molar-refractivity contribution in [2.24, 2.45) is 0 Å². The van der Waals surface area contributed by atoms with Gasteiger partial charge >= 0.3 is 16.9 Å². The van der Waals surface area contributed by atoms with Crippen LogP contribution in [-0.4, -0.2) is 15.0 Å². The monoisotopic (exact) mass is 1150 g/mol. The minimum absolute atomic E-state index is 0.0120. The van der Waals surface area contributed by atoms with Gasteiger partial charge in [0.2, 0.25) is 0 Å². The molecule has 426 valence electrons. The molecule has 0 spiro atoms. The Kier molecular flexibility index (Phi) is 12.0. The number of benzene rings is 12. The van der Waals surface area contributed by atoms with Crippen LogP contribution in [0.3, 0.4) is 0 Å². The lowest BCUT2D eigenvalue weighted by Crippen LogP contribution is -2.10. The summed E-state index contributed by atoms with van der Waals surface area (Å²) in [7, 11) is 0. The molecule has 0 radical (unpaired) electrons. The molecule has 0 N–H and O–H groups in total. The van der Waals surface area contributed by atoms with Gasteiger partial charge < -0.3 is 13.3 Å². The van der Waals surface area contributed by atoms with E-state index in [2.05, 4.69) is 102 Å². The van der Waals surface area contributed by atoms with Gasteiger partial charge in [-0.25, -0.2) is 29.3 Å². The lowest BCUT2D eigenvalue weighted by atomic mass is 9.85. The highest BCUT2D eigenvalue weighted by atomic mass is 16.4. The molecule has 0 fully saturated rings. The van der Waals surface area contributed by atoms with E-state index >= 15 is 0 Å². The molecule has 4 heterocycles. The second-order valence-corrected chi connectivity index (χ2v) is 25.5. The van der Waals surface area contributed by atoms with E-state index in [-0.39, 0.29) is 10.8 Å². The second-order valence-electron chi connectivity index (χ2n) is 25.5. The first-order chi connectivity index (χ1) is 43.0. The Morgan fingerprint density at radius 2 is 0.551 bits per heavy atom. The Bertz CT molecular complexity index is 5670. The van der Waals surface area contributed by atoms with Gasteiger partial charge in [0.05, 0.1) is 16.7 Å². The predicted octanol–water partition coefficient (Wildman–Crippen LogP) is 19.7. The minimum atomic E-state index is -0.403. The van der Waals surface area contributed by atoms with Crippen LogP contribution in [0.5, 0.6) is 0 Å². The topological polar surface area (TPSA) is 129 Å². The summed E-state index contributed by atoms with van der Waals surface area (Å²) in [5.74, 6) is 1.41. The lowest BCUT2D eigenvalue weighted by molar-refractivity contribution is 0.563.